The fourth-order valence-corrected chi connectivity index (χ4v) is 2.42. The number of aliphatic imine (C=N–C) groups is 1. The van der Waals surface area contributed by atoms with Gasteiger partial charge in [-0.1, -0.05) is 46.3 Å². The number of hydrogen-bond acceptors (Lipinski definition) is 1. The van der Waals surface area contributed by atoms with Crippen molar-refractivity contribution in [1.29, 1.82) is 0 Å². The van der Waals surface area contributed by atoms with Crippen LogP contribution < -0.4 is 0 Å². The van der Waals surface area contributed by atoms with Crippen LogP contribution in [0.4, 0.5) is 0 Å². The van der Waals surface area contributed by atoms with E-state index < -0.39 is 0 Å². The van der Waals surface area contributed by atoms with Crippen LogP contribution in [-0.2, 0) is 6.42 Å². The number of aryl methyl sites for hydroxylation is 1. The average Bonchev–Trinajstić information content (AvgIpc) is 2.76. The molecule has 0 spiro atoms. The van der Waals surface area contributed by atoms with Gasteiger partial charge in [-0.05, 0) is 31.2 Å². The van der Waals surface area contributed by atoms with Crippen LogP contribution in [0, 0.1) is 0 Å². The van der Waals surface area contributed by atoms with Crippen LogP contribution in [0.1, 0.15) is 24.8 Å². The van der Waals surface area contributed by atoms with Crippen molar-refractivity contribution in [2.24, 2.45) is 4.99 Å². The van der Waals surface area contributed by atoms with Crippen LogP contribution >= 0.6 is 15.9 Å². The second-order valence-electron chi connectivity index (χ2n) is 4.03. The van der Waals surface area contributed by atoms with Crippen LogP contribution in [0.3, 0.4) is 0 Å². The lowest BCUT2D eigenvalue weighted by molar-refractivity contribution is 0.753. The van der Waals surface area contributed by atoms with Crippen molar-refractivity contribution in [2.45, 2.75) is 31.7 Å². The van der Waals surface area contributed by atoms with Crippen molar-refractivity contribution >= 4 is 21.6 Å². The number of benzene rings is 1. The Labute approximate surface area is 99.7 Å². The quantitative estimate of drug-likeness (QED) is 0.738. The van der Waals surface area contributed by atoms with Crippen molar-refractivity contribution in [1.82, 2.24) is 0 Å². The first-order valence-corrected chi connectivity index (χ1v) is 6.66. The molecule has 1 unspecified atom stereocenters. The van der Waals surface area contributed by atoms with Crippen molar-refractivity contribution < 1.29 is 0 Å². The molecule has 0 saturated heterocycles. The fourth-order valence-electron chi connectivity index (χ4n) is 1.96. The second-order valence-corrected chi connectivity index (χ2v) is 4.68. The van der Waals surface area contributed by atoms with E-state index in [1.54, 1.807) is 0 Å². The highest BCUT2D eigenvalue weighted by Gasteiger charge is 2.15. The molecule has 1 atom stereocenters. The predicted molar refractivity (Wildman–Crippen MR) is 69.0 cm³/mol. The molecule has 0 radical (unpaired) electrons. The van der Waals surface area contributed by atoms with E-state index in [1.807, 2.05) is 0 Å². The molecule has 1 aliphatic rings. The number of rotatable bonds is 4. The van der Waals surface area contributed by atoms with Crippen molar-refractivity contribution in [3.05, 3.63) is 35.9 Å². The first kappa shape index (κ1) is 10.9. The standard InChI is InChI=1S/C13H16BrN/c14-10-13-9-8-12(15-13)7-6-11-4-2-1-3-5-11/h1-5,13H,6-10H2. The minimum Gasteiger partial charge on any atom is -0.290 e. The van der Waals surface area contributed by atoms with Gasteiger partial charge >= 0.3 is 0 Å². The summed E-state index contributed by atoms with van der Waals surface area (Å²) in [5.41, 5.74) is 2.82. The van der Waals surface area contributed by atoms with E-state index in [1.165, 1.54) is 24.1 Å². The molecule has 1 heterocycles. The smallest absolute Gasteiger partial charge is 0.0599 e. The summed E-state index contributed by atoms with van der Waals surface area (Å²) in [5.74, 6) is 0. The van der Waals surface area contributed by atoms with Gasteiger partial charge in [0.25, 0.3) is 0 Å². The van der Waals surface area contributed by atoms with E-state index in [0.717, 1.165) is 18.2 Å². The lowest BCUT2D eigenvalue weighted by atomic mass is 10.1. The van der Waals surface area contributed by atoms with Gasteiger partial charge in [-0.2, -0.15) is 0 Å². The largest absolute Gasteiger partial charge is 0.290 e. The Bertz CT molecular complexity index is 332. The molecule has 1 aromatic carbocycles. The Morgan fingerprint density at radius 3 is 2.67 bits per heavy atom. The van der Waals surface area contributed by atoms with E-state index in [2.05, 4.69) is 46.3 Å². The third-order valence-electron chi connectivity index (χ3n) is 2.85. The van der Waals surface area contributed by atoms with Gasteiger partial charge in [0.15, 0.2) is 0 Å². The molecule has 0 bridgehead atoms. The van der Waals surface area contributed by atoms with Gasteiger partial charge in [-0.25, -0.2) is 0 Å². The highest BCUT2D eigenvalue weighted by atomic mass is 79.9. The van der Waals surface area contributed by atoms with Gasteiger partial charge < -0.3 is 0 Å². The summed E-state index contributed by atoms with van der Waals surface area (Å²) in [6, 6.07) is 11.2. The van der Waals surface area contributed by atoms with Crippen LogP contribution in [0.15, 0.2) is 35.3 Å². The van der Waals surface area contributed by atoms with Crippen molar-refractivity contribution in [2.75, 3.05) is 5.33 Å². The third-order valence-corrected chi connectivity index (χ3v) is 3.60. The predicted octanol–water partition coefficient (Wildman–Crippen LogP) is 3.62. The lowest BCUT2D eigenvalue weighted by Gasteiger charge is -2.00. The molecule has 0 aliphatic carbocycles. The zero-order valence-corrected chi connectivity index (χ0v) is 10.4. The molecule has 1 aromatic rings. The molecule has 80 valence electrons. The maximum absolute atomic E-state index is 4.69. The summed E-state index contributed by atoms with van der Waals surface area (Å²) in [4.78, 5) is 4.69. The fraction of sp³-hybridized carbons (Fsp3) is 0.462. The normalized spacial score (nSPS) is 20.3. The van der Waals surface area contributed by atoms with Gasteiger partial charge in [-0.3, -0.25) is 4.99 Å². The van der Waals surface area contributed by atoms with Crippen LogP contribution in [-0.4, -0.2) is 17.1 Å². The van der Waals surface area contributed by atoms with Crippen molar-refractivity contribution in [3.8, 4) is 0 Å². The Morgan fingerprint density at radius 1 is 1.20 bits per heavy atom. The first-order valence-electron chi connectivity index (χ1n) is 5.54. The number of hydrogen-bond donors (Lipinski definition) is 0. The summed E-state index contributed by atoms with van der Waals surface area (Å²) in [7, 11) is 0. The molecule has 1 aliphatic heterocycles. The monoisotopic (exact) mass is 265 g/mol. The maximum atomic E-state index is 4.69. The highest BCUT2D eigenvalue weighted by molar-refractivity contribution is 9.09. The van der Waals surface area contributed by atoms with Gasteiger partial charge in [0.05, 0.1) is 6.04 Å². The van der Waals surface area contributed by atoms with E-state index >= 15 is 0 Å². The molecule has 0 amide bonds. The average molecular weight is 266 g/mol. The van der Waals surface area contributed by atoms with Crippen LogP contribution in [0.25, 0.3) is 0 Å². The minimum atomic E-state index is 0.538. The molecule has 0 fully saturated rings. The topological polar surface area (TPSA) is 12.4 Å². The summed E-state index contributed by atoms with van der Waals surface area (Å²) in [6.07, 6.45) is 4.70. The lowest BCUT2D eigenvalue weighted by Crippen LogP contribution is -1.99. The first-order chi connectivity index (χ1) is 7.38. The molecule has 1 nitrogen and oxygen atoms in total. The highest BCUT2D eigenvalue weighted by Crippen LogP contribution is 2.18. The van der Waals surface area contributed by atoms with Crippen LogP contribution in [0.2, 0.25) is 0 Å². The Kier molecular flexibility index (Phi) is 3.95. The van der Waals surface area contributed by atoms with E-state index in [-0.39, 0.29) is 0 Å². The molecule has 2 heteroatoms. The number of nitrogens with zero attached hydrogens (tertiary/aromatic N) is 1. The van der Waals surface area contributed by atoms with E-state index in [4.69, 9.17) is 4.99 Å². The van der Waals surface area contributed by atoms with E-state index in [0.29, 0.717) is 6.04 Å². The Hall–Kier alpha value is -0.630. The molecule has 0 aromatic heterocycles. The zero-order chi connectivity index (χ0) is 10.5. The molecular weight excluding hydrogens is 250 g/mol. The molecule has 0 saturated carbocycles. The molecule has 0 N–H and O–H groups in total. The second kappa shape index (κ2) is 5.45. The number of alkyl halides is 1. The third kappa shape index (κ3) is 3.16. The van der Waals surface area contributed by atoms with Gasteiger partial charge in [0.1, 0.15) is 0 Å². The Balaban J connectivity index is 1.84. The summed E-state index contributed by atoms with van der Waals surface area (Å²) in [5, 5.41) is 1.02. The van der Waals surface area contributed by atoms with Gasteiger partial charge in [0, 0.05) is 11.0 Å². The van der Waals surface area contributed by atoms with Crippen molar-refractivity contribution in [3.63, 3.8) is 0 Å². The summed E-state index contributed by atoms with van der Waals surface area (Å²) in [6.45, 7) is 0. The van der Waals surface area contributed by atoms with Gasteiger partial charge in [0.2, 0.25) is 0 Å². The van der Waals surface area contributed by atoms with Crippen LogP contribution in [0.5, 0.6) is 0 Å². The Morgan fingerprint density at radius 2 is 2.00 bits per heavy atom. The summed E-state index contributed by atoms with van der Waals surface area (Å²) >= 11 is 3.49. The number of halogens is 1. The maximum Gasteiger partial charge on any atom is 0.0599 e. The SMILES string of the molecule is BrCC1CCC(CCc2ccccc2)=N1. The molecular formula is C13H16BrN. The minimum absolute atomic E-state index is 0.538. The zero-order valence-electron chi connectivity index (χ0n) is 8.82. The molecule has 15 heavy (non-hydrogen) atoms. The molecule has 2 rings (SSSR count). The summed E-state index contributed by atoms with van der Waals surface area (Å²) < 4.78 is 0. The van der Waals surface area contributed by atoms with E-state index in [9.17, 15) is 0 Å². The van der Waals surface area contributed by atoms with Gasteiger partial charge in [-0.15, -0.1) is 0 Å².